The van der Waals surface area contributed by atoms with Gasteiger partial charge >= 0.3 is 0 Å². The third-order valence-corrected chi connectivity index (χ3v) is 4.15. The first-order valence-corrected chi connectivity index (χ1v) is 7.68. The van der Waals surface area contributed by atoms with E-state index in [0.29, 0.717) is 6.10 Å². The van der Waals surface area contributed by atoms with Crippen LogP contribution in [0.4, 0.5) is 0 Å². The van der Waals surface area contributed by atoms with Crippen LogP contribution in [-0.2, 0) is 12.0 Å². The Labute approximate surface area is 126 Å². The van der Waals surface area contributed by atoms with Crippen molar-refractivity contribution in [2.24, 2.45) is 0 Å². The Morgan fingerprint density at radius 3 is 2.43 bits per heavy atom. The molecule has 1 saturated carbocycles. The van der Waals surface area contributed by atoms with Gasteiger partial charge in [-0.2, -0.15) is 0 Å². The average molecular weight is 282 g/mol. The van der Waals surface area contributed by atoms with E-state index in [0.717, 1.165) is 36.1 Å². The van der Waals surface area contributed by atoms with Crippen molar-refractivity contribution in [3.63, 3.8) is 0 Å². The van der Waals surface area contributed by atoms with Crippen LogP contribution in [0, 0.1) is 0 Å². The molecule has 0 spiro atoms. The molecule has 0 saturated heterocycles. The summed E-state index contributed by atoms with van der Waals surface area (Å²) in [4.78, 5) is 0. The molecule has 0 aromatic heterocycles. The quantitative estimate of drug-likeness (QED) is 0.896. The first kappa shape index (κ1) is 14.2. The molecule has 0 heterocycles. The molecule has 1 aliphatic carbocycles. The predicted octanol–water partition coefficient (Wildman–Crippen LogP) is 4.05. The normalized spacial score (nSPS) is 17.3. The second kappa shape index (κ2) is 5.53. The van der Waals surface area contributed by atoms with E-state index < -0.39 is 5.60 Å². The zero-order valence-corrected chi connectivity index (χ0v) is 12.7. The van der Waals surface area contributed by atoms with E-state index in [4.69, 9.17) is 4.74 Å². The van der Waals surface area contributed by atoms with E-state index in [9.17, 15) is 5.11 Å². The van der Waals surface area contributed by atoms with E-state index in [1.807, 2.05) is 43.3 Å². The standard InChI is InChI=1S/C19H22O2/c1-3-14-7-9-15(10-8-14)19(2,20)16-5-4-6-18(13-16)21-17-11-12-17/h4-10,13,17,20H,3,11-12H2,1-2H3. The first-order chi connectivity index (χ1) is 10.1. The molecule has 110 valence electrons. The summed E-state index contributed by atoms with van der Waals surface area (Å²) in [7, 11) is 0. The van der Waals surface area contributed by atoms with E-state index in [1.54, 1.807) is 0 Å². The summed E-state index contributed by atoms with van der Waals surface area (Å²) in [5.41, 5.74) is 2.04. The van der Waals surface area contributed by atoms with Gasteiger partial charge in [-0.1, -0.05) is 43.3 Å². The number of aliphatic hydroxyl groups is 1. The maximum absolute atomic E-state index is 10.9. The Morgan fingerprint density at radius 1 is 1.10 bits per heavy atom. The molecule has 2 nitrogen and oxygen atoms in total. The fourth-order valence-corrected chi connectivity index (χ4v) is 2.48. The molecule has 2 aromatic carbocycles. The maximum atomic E-state index is 10.9. The van der Waals surface area contributed by atoms with Gasteiger partial charge < -0.3 is 9.84 Å². The molecule has 0 bridgehead atoms. The molecule has 1 fully saturated rings. The molecule has 2 heteroatoms. The molecular formula is C19H22O2. The van der Waals surface area contributed by atoms with Crippen molar-refractivity contribution in [1.29, 1.82) is 0 Å². The summed E-state index contributed by atoms with van der Waals surface area (Å²) in [6.07, 6.45) is 3.65. The highest BCUT2D eigenvalue weighted by molar-refractivity contribution is 5.40. The Morgan fingerprint density at radius 2 is 1.81 bits per heavy atom. The highest BCUT2D eigenvalue weighted by Crippen LogP contribution is 2.33. The Bertz CT molecular complexity index is 610. The molecule has 21 heavy (non-hydrogen) atoms. The van der Waals surface area contributed by atoms with Gasteiger partial charge in [0.1, 0.15) is 11.4 Å². The van der Waals surface area contributed by atoms with Gasteiger partial charge in [-0.15, -0.1) is 0 Å². The fraction of sp³-hybridized carbons (Fsp3) is 0.368. The Balaban J connectivity index is 1.88. The molecule has 3 rings (SSSR count). The van der Waals surface area contributed by atoms with Crippen LogP contribution in [0.3, 0.4) is 0 Å². The van der Waals surface area contributed by atoms with Gasteiger partial charge in [-0.05, 0) is 55.0 Å². The molecule has 0 radical (unpaired) electrons. The lowest BCUT2D eigenvalue weighted by atomic mass is 9.87. The summed E-state index contributed by atoms with van der Waals surface area (Å²) >= 11 is 0. The highest BCUT2D eigenvalue weighted by atomic mass is 16.5. The van der Waals surface area contributed by atoms with Crippen LogP contribution in [0.15, 0.2) is 48.5 Å². The van der Waals surface area contributed by atoms with Crippen LogP contribution in [0.1, 0.15) is 43.4 Å². The lowest BCUT2D eigenvalue weighted by Crippen LogP contribution is -2.22. The first-order valence-electron chi connectivity index (χ1n) is 7.68. The second-order valence-corrected chi connectivity index (χ2v) is 5.97. The minimum Gasteiger partial charge on any atom is -0.490 e. The number of ether oxygens (including phenoxy) is 1. The number of rotatable bonds is 5. The van der Waals surface area contributed by atoms with Gasteiger partial charge in [0, 0.05) is 0 Å². The van der Waals surface area contributed by atoms with E-state index in [2.05, 4.69) is 19.1 Å². The summed E-state index contributed by atoms with van der Waals surface area (Å²) < 4.78 is 5.82. The van der Waals surface area contributed by atoms with E-state index >= 15 is 0 Å². The molecule has 1 aliphatic rings. The molecule has 0 aliphatic heterocycles. The van der Waals surface area contributed by atoms with Crippen LogP contribution in [0.25, 0.3) is 0 Å². The van der Waals surface area contributed by atoms with Gasteiger partial charge in [0.2, 0.25) is 0 Å². The minimum absolute atomic E-state index is 0.369. The minimum atomic E-state index is -1.00. The average Bonchev–Trinajstić information content (AvgIpc) is 3.31. The number of aryl methyl sites for hydroxylation is 1. The monoisotopic (exact) mass is 282 g/mol. The number of benzene rings is 2. The van der Waals surface area contributed by atoms with Crippen LogP contribution in [0.5, 0.6) is 5.75 Å². The van der Waals surface area contributed by atoms with Gasteiger partial charge in [0.15, 0.2) is 0 Å². The third kappa shape index (κ3) is 3.11. The lowest BCUT2D eigenvalue weighted by Gasteiger charge is -2.25. The fourth-order valence-electron chi connectivity index (χ4n) is 2.48. The van der Waals surface area contributed by atoms with Gasteiger partial charge in [0.05, 0.1) is 6.10 Å². The Kier molecular flexibility index (Phi) is 3.73. The maximum Gasteiger partial charge on any atom is 0.120 e. The molecule has 1 unspecified atom stereocenters. The van der Waals surface area contributed by atoms with Crippen molar-refractivity contribution < 1.29 is 9.84 Å². The topological polar surface area (TPSA) is 29.5 Å². The molecule has 1 N–H and O–H groups in total. The van der Waals surface area contributed by atoms with Crippen LogP contribution in [-0.4, -0.2) is 11.2 Å². The highest BCUT2D eigenvalue weighted by Gasteiger charge is 2.27. The molecule has 2 aromatic rings. The van der Waals surface area contributed by atoms with Crippen LogP contribution in [0.2, 0.25) is 0 Å². The number of hydrogen-bond donors (Lipinski definition) is 1. The van der Waals surface area contributed by atoms with Crippen molar-refractivity contribution >= 4 is 0 Å². The largest absolute Gasteiger partial charge is 0.490 e. The van der Waals surface area contributed by atoms with Gasteiger partial charge in [0.25, 0.3) is 0 Å². The zero-order valence-electron chi connectivity index (χ0n) is 12.7. The van der Waals surface area contributed by atoms with Crippen molar-refractivity contribution in [2.45, 2.75) is 44.8 Å². The molecular weight excluding hydrogens is 260 g/mol. The summed E-state index contributed by atoms with van der Waals surface area (Å²) in [5.74, 6) is 0.848. The van der Waals surface area contributed by atoms with Gasteiger partial charge in [-0.3, -0.25) is 0 Å². The van der Waals surface area contributed by atoms with Crippen molar-refractivity contribution in [3.8, 4) is 5.75 Å². The van der Waals surface area contributed by atoms with Crippen molar-refractivity contribution in [3.05, 3.63) is 65.2 Å². The summed E-state index contributed by atoms with van der Waals surface area (Å²) in [5, 5.41) is 10.9. The smallest absolute Gasteiger partial charge is 0.120 e. The van der Waals surface area contributed by atoms with Crippen LogP contribution >= 0.6 is 0 Å². The van der Waals surface area contributed by atoms with E-state index in [-0.39, 0.29) is 0 Å². The SMILES string of the molecule is CCc1ccc(C(C)(O)c2cccc(OC3CC3)c2)cc1. The predicted molar refractivity (Wildman–Crippen MR) is 84.6 cm³/mol. The van der Waals surface area contributed by atoms with Crippen LogP contribution < -0.4 is 4.74 Å². The van der Waals surface area contributed by atoms with Gasteiger partial charge in [-0.25, -0.2) is 0 Å². The molecule has 0 amide bonds. The Hall–Kier alpha value is -1.80. The third-order valence-electron chi connectivity index (χ3n) is 4.15. The second-order valence-electron chi connectivity index (χ2n) is 5.97. The van der Waals surface area contributed by atoms with Crippen molar-refractivity contribution in [1.82, 2.24) is 0 Å². The lowest BCUT2D eigenvalue weighted by molar-refractivity contribution is 0.102. The zero-order chi connectivity index (χ0) is 14.9. The summed E-state index contributed by atoms with van der Waals surface area (Å²) in [6, 6.07) is 16.0. The van der Waals surface area contributed by atoms with E-state index in [1.165, 1.54) is 5.56 Å². The molecule has 1 atom stereocenters. The summed E-state index contributed by atoms with van der Waals surface area (Å²) in [6.45, 7) is 3.97. The van der Waals surface area contributed by atoms with Crippen molar-refractivity contribution in [2.75, 3.05) is 0 Å². The number of hydrogen-bond acceptors (Lipinski definition) is 2.